The molecule has 0 bridgehead atoms. The summed E-state index contributed by atoms with van der Waals surface area (Å²) < 4.78 is 0. The van der Waals surface area contributed by atoms with Gasteiger partial charge in [-0.2, -0.15) is 0 Å². The van der Waals surface area contributed by atoms with Crippen molar-refractivity contribution in [1.29, 1.82) is 0 Å². The van der Waals surface area contributed by atoms with Crippen LogP contribution in [0.15, 0.2) is 24.5 Å². The molecule has 1 saturated heterocycles. The van der Waals surface area contributed by atoms with Gasteiger partial charge >= 0.3 is 0 Å². The maximum atomic E-state index is 11.2. The van der Waals surface area contributed by atoms with Crippen LogP contribution in [0.4, 0.5) is 0 Å². The molecule has 13 heavy (non-hydrogen) atoms. The Hall–Kier alpha value is -1.38. The van der Waals surface area contributed by atoms with Gasteiger partial charge < -0.3 is 5.32 Å². The Kier molecular flexibility index (Phi) is 1.62. The summed E-state index contributed by atoms with van der Waals surface area (Å²) in [6.07, 6.45) is 3.53. The summed E-state index contributed by atoms with van der Waals surface area (Å²) in [5.41, 5.74) is 0.787. The van der Waals surface area contributed by atoms with Gasteiger partial charge in [-0.15, -0.1) is 0 Å². The lowest BCUT2D eigenvalue weighted by Crippen LogP contribution is -2.57. The summed E-state index contributed by atoms with van der Waals surface area (Å²) in [5, 5.41) is 2.87. The largest absolute Gasteiger partial charge is 0.348 e. The van der Waals surface area contributed by atoms with E-state index in [1.807, 2.05) is 26.0 Å². The van der Waals surface area contributed by atoms with Crippen molar-refractivity contribution >= 4 is 5.91 Å². The minimum Gasteiger partial charge on any atom is -0.348 e. The highest BCUT2D eigenvalue weighted by Gasteiger charge is 2.47. The van der Waals surface area contributed by atoms with Crippen molar-refractivity contribution in [2.45, 2.75) is 19.9 Å². The van der Waals surface area contributed by atoms with Crippen molar-refractivity contribution in [3.8, 4) is 0 Å². The number of nitrogens with zero attached hydrogens (tertiary/aromatic N) is 1. The lowest BCUT2D eigenvalue weighted by Gasteiger charge is -2.43. The number of carbonyl (C=O) groups is 1. The quantitative estimate of drug-likeness (QED) is 0.655. The third-order valence-corrected chi connectivity index (χ3v) is 2.60. The predicted octanol–water partition coefficient (Wildman–Crippen LogP) is 1.28. The van der Waals surface area contributed by atoms with E-state index in [1.54, 1.807) is 12.4 Å². The van der Waals surface area contributed by atoms with E-state index >= 15 is 0 Å². The van der Waals surface area contributed by atoms with Crippen LogP contribution in [0, 0.1) is 5.41 Å². The van der Waals surface area contributed by atoms with Gasteiger partial charge in [0.2, 0.25) is 5.91 Å². The molecule has 2 rings (SSSR count). The Balaban J connectivity index is 2.27. The minimum atomic E-state index is -0.289. The first-order valence-electron chi connectivity index (χ1n) is 4.33. The molecule has 1 aromatic rings. The lowest BCUT2D eigenvalue weighted by molar-refractivity contribution is -0.143. The van der Waals surface area contributed by atoms with Crippen LogP contribution in [0.5, 0.6) is 0 Å². The van der Waals surface area contributed by atoms with Crippen molar-refractivity contribution in [1.82, 2.24) is 10.3 Å². The molecule has 1 aliphatic rings. The van der Waals surface area contributed by atoms with E-state index in [9.17, 15) is 4.79 Å². The topological polar surface area (TPSA) is 42.0 Å². The molecule has 3 nitrogen and oxygen atoms in total. The fraction of sp³-hybridized carbons (Fsp3) is 0.400. The zero-order valence-corrected chi connectivity index (χ0v) is 7.74. The second-order valence-electron chi connectivity index (χ2n) is 3.91. The van der Waals surface area contributed by atoms with Crippen molar-refractivity contribution < 1.29 is 4.79 Å². The average Bonchev–Trinajstić information content (AvgIpc) is 2.15. The Morgan fingerprint density at radius 1 is 1.54 bits per heavy atom. The highest BCUT2D eigenvalue weighted by molar-refractivity contribution is 5.89. The zero-order valence-electron chi connectivity index (χ0n) is 7.74. The van der Waals surface area contributed by atoms with Gasteiger partial charge in [-0.3, -0.25) is 9.78 Å². The molecule has 0 saturated carbocycles. The number of aromatic nitrogens is 1. The van der Waals surface area contributed by atoms with Crippen molar-refractivity contribution in [2.24, 2.45) is 5.41 Å². The molecule has 0 aromatic carbocycles. The standard InChI is InChI=1S/C10H12N2O/c1-10(2)8(12-9(10)13)7-4-3-5-11-6-7/h3-6,8H,1-2H3,(H,12,13)/t8-/m1/s1. The fourth-order valence-electron chi connectivity index (χ4n) is 1.60. The monoisotopic (exact) mass is 176 g/mol. The Labute approximate surface area is 77.2 Å². The number of amides is 1. The number of rotatable bonds is 1. The summed E-state index contributed by atoms with van der Waals surface area (Å²) in [6, 6.07) is 3.99. The predicted molar refractivity (Wildman–Crippen MR) is 48.9 cm³/mol. The van der Waals surface area contributed by atoms with Crippen LogP contribution in [-0.4, -0.2) is 10.9 Å². The highest BCUT2D eigenvalue weighted by Crippen LogP contribution is 2.40. The van der Waals surface area contributed by atoms with Gasteiger partial charge in [-0.25, -0.2) is 0 Å². The van der Waals surface area contributed by atoms with Crippen molar-refractivity contribution in [3.05, 3.63) is 30.1 Å². The molecule has 0 unspecified atom stereocenters. The minimum absolute atomic E-state index is 0.112. The van der Waals surface area contributed by atoms with Crippen LogP contribution in [0.2, 0.25) is 0 Å². The van der Waals surface area contributed by atoms with Crippen LogP contribution >= 0.6 is 0 Å². The van der Waals surface area contributed by atoms with Crippen LogP contribution in [0.1, 0.15) is 25.5 Å². The van der Waals surface area contributed by atoms with E-state index in [0.29, 0.717) is 0 Å². The third-order valence-electron chi connectivity index (χ3n) is 2.60. The van der Waals surface area contributed by atoms with Gasteiger partial charge in [0, 0.05) is 12.4 Å². The van der Waals surface area contributed by atoms with Gasteiger partial charge in [-0.05, 0) is 25.5 Å². The molecule has 0 aliphatic carbocycles. The van der Waals surface area contributed by atoms with Gasteiger partial charge in [0.05, 0.1) is 11.5 Å². The summed E-state index contributed by atoms with van der Waals surface area (Å²) in [7, 11) is 0. The average molecular weight is 176 g/mol. The Bertz CT molecular complexity index is 332. The molecule has 1 N–H and O–H groups in total. The molecule has 0 spiro atoms. The van der Waals surface area contributed by atoms with Gasteiger partial charge in [0.15, 0.2) is 0 Å². The van der Waals surface area contributed by atoms with Crippen LogP contribution < -0.4 is 5.32 Å². The second-order valence-corrected chi connectivity index (χ2v) is 3.91. The lowest BCUT2D eigenvalue weighted by atomic mass is 9.73. The van der Waals surface area contributed by atoms with E-state index < -0.39 is 0 Å². The maximum absolute atomic E-state index is 11.2. The maximum Gasteiger partial charge on any atom is 0.228 e. The number of β-lactam (4-membered cyclic amide) rings is 1. The Morgan fingerprint density at radius 3 is 2.77 bits per heavy atom. The van der Waals surface area contributed by atoms with E-state index in [0.717, 1.165) is 5.56 Å². The van der Waals surface area contributed by atoms with Gasteiger partial charge in [0.1, 0.15) is 0 Å². The SMILES string of the molecule is CC1(C)C(=O)N[C@@H]1c1cccnc1. The smallest absolute Gasteiger partial charge is 0.228 e. The first kappa shape index (κ1) is 8.23. The van der Waals surface area contributed by atoms with Crippen molar-refractivity contribution in [2.75, 3.05) is 0 Å². The number of hydrogen-bond acceptors (Lipinski definition) is 2. The summed E-state index contributed by atoms with van der Waals surface area (Å²) in [5.74, 6) is 0.112. The highest BCUT2D eigenvalue weighted by atomic mass is 16.2. The second kappa shape index (κ2) is 2.55. The Morgan fingerprint density at radius 2 is 2.31 bits per heavy atom. The molecular weight excluding hydrogens is 164 g/mol. The molecular formula is C10H12N2O. The van der Waals surface area contributed by atoms with E-state index in [2.05, 4.69) is 10.3 Å². The number of nitrogens with one attached hydrogen (secondary N) is 1. The van der Waals surface area contributed by atoms with E-state index in [1.165, 1.54) is 0 Å². The molecule has 68 valence electrons. The van der Waals surface area contributed by atoms with Gasteiger partial charge in [0.25, 0.3) is 0 Å². The van der Waals surface area contributed by atoms with Gasteiger partial charge in [-0.1, -0.05) is 6.07 Å². The zero-order chi connectivity index (χ0) is 9.47. The summed E-state index contributed by atoms with van der Waals surface area (Å²) in [6.45, 7) is 3.90. The molecule has 1 aliphatic heterocycles. The van der Waals surface area contributed by atoms with Crippen LogP contribution in [0.25, 0.3) is 0 Å². The molecule has 1 atom stereocenters. The van der Waals surface area contributed by atoms with Crippen LogP contribution in [0.3, 0.4) is 0 Å². The van der Waals surface area contributed by atoms with E-state index in [4.69, 9.17) is 0 Å². The number of hydrogen-bond donors (Lipinski definition) is 1. The first-order chi connectivity index (χ1) is 6.12. The summed E-state index contributed by atoms with van der Waals surface area (Å²) >= 11 is 0. The molecule has 0 radical (unpaired) electrons. The molecule has 1 fully saturated rings. The first-order valence-corrected chi connectivity index (χ1v) is 4.33. The van der Waals surface area contributed by atoms with E-state index in [-0.39, 0.29) is 17.4 Å². The molecule has 1 aromatic heterocycles. The fourth-order valence-corrected chi connectivity index (χ4v) is 1.60. The van der Waals surface area contributed by atoms with Crippen LogP contribution in [-0.2, 0) is 4.79 Å². The number of pyridine rings is 1. The third kappa shape index (κ3) is 1.11. The normalized spacial score (nSPS) is 24.8. The molecule has 2 heterocycles. The molecule has 3 heteroatoms. The van der Waals surface area contributed by atoms with Crippen molar-refractivity contribution in [3.63, 3.8) is 0 Å². The number of carbonyl (C=O) groups excluding carboxylic acids is 1. The molecule has 1 amide bonds. The summed E-state index contributed by atoms with van der Waals surface area (Å²) in [4.78, 5) is 15.2.